The van der Waals surface area contributed by atoms with Gasteiger partial charge in [0.2, 0.25) is 0 Å². The molecule has 0 aliphatic rings. The molecule has 2 aromatic carbocycles. The lowest BCUT2D eigenvalue weighted by Crippen LogP contribution is -2.14. The van der Waals surface area contributed by atoms with E-state index in [9.17, 15) is 0 Å². The summed E-state index contributed by atoms with van der Waals surface area (Å²) in [5.41, 5.74) is 3.73. The van der Waals surface area contributed by atoms with Gasteiger partial charge in [-0.2, -0.15) is 0 Å². The van der Waals surface area contributed by atoms with Gasteiger partial charge in [0.25, 0.3) is 5.82 Å². The number of hydrogen-bond acceptors (Lipinski definition) is 1. The van der Waals surface area contributed by atoms with Gasteiger partial charge in [-0.25, -0.2) is 4.98 Å². The van der Waals surface area contributed by atoms with Gasteiger partial charge in [-0.3, -0.25) is 5.32 Å². The molecule has 94 valence electrons. The summed E-state index contributed by atoms with van der Waals surface area (Å²) in [5.74, 6) is 1.06. The quantitative estimate of drug-likeness (QED) is 0.754. The monoisotopic (exact) mass is 249 g/mol. The highest BCUT2D eigenvalue weighted by Crippen LogP contribution is 2.16. The van der Waals surface area contributed by atoms with E-state index in [0.29, 0.717) is 0 Å². The van der Waals surface area contributed by atoms with Crippen LogP contribution in [-0.4, -0.2) is 0 Å². The van der Waals surface area contributed by atoms with Crippen LogP contribution in [0.15, 0.2) is 60.7 Å². The molecule has 2 N–H and O–H groups in total. The van der Waals surface area contributed by atoms with Crippen LogP contribution in [0.5, 0.6) is 0 Å². The van der Waals surface area contributed by atoms with Crippen LogP contribution in [0.3, 0.4) is 0 Å². The molecule has 3 aromatic rings. The van der Waals surface area contributed by atoms with E-state index in [1.54, 1.807) is 0 Å². The number of rotatable bonds is 3. The van der Waals surface area contributed by atoms with Crippen molar-refractivity contribution in [1.82, 2.24) is 0 Å². The second-order valence-corrected chi connectivity index (χ2v) is 4.75. The van der Waals surface area contributed by atoms with Crippen LogP contribution < -0.4 is 10.3 Å². The van der Waals surface area contributed by atoms with Gasteiger partial charge in [-0.1, -0.05) is 48.5 Å². The number of pyridine rings is 1. The largest absolute Gasteiger partial charge is 0.273 e. The minimum absolute atomic E-state index is 0.828. The highest BCUT2D eigenvalue weighted by atomic mass is 15.0. The number of benzene rings is 2. The molecular formula is C17H17N2+. The molecule has 1 heterocycles. The summed E-state index contributed by atoms with van der Waals surface area (Å²) in [4.78, 5) is 3.43. The average Bonchev–Trinajstić information content (AvgIpc) is 2.46. The topological polar surface area (TPSA) is 26.2 Å². The number of aromatic nitrogens is 1. The van der Waals surface area contributed by atoms with Gasteiger partial charge in [0.1, 0.15) is 12.1 Å². The van der Waals surface area contributed by atoms with Crippen LogP contribution in [-0.2, 0) is 6.54 Å². The molecule has 2 heteroatoms. The number of anilines is 1. The SMILES string of the molecule is Cc1cc(NCc2ccccc2)[nH+]c2ccccc12. The Balaban J connectivity index is 1.85. The fourth-order valence-electron chi connectivity index (χ4n) is 2.30. The van der Waals surface area contributed by atoms with Crippen LogP contribution in [0, 0.1) is 6.92 Å². The van der Waals surface area contributed by atoms with Crippen molar-refractivity contribution in [2.45, 2.75) is 13.5 Å². The number of fused-ring (bicyclic) bond motifs is 1. The fourth-order valence-corrected chi connectivity index (χ4v) is 2.30. The van der Waals surface area contributed by atoms with Gasteiger partial charge < -0.3 is 0 Å². The molecule has 0 saturated carbocycles. The summed E-state index contributed by atoms with van der Waals surface area (Å²) in [6.07, 6.45) is 0. The maximum absolute atomic E-state index is 3.44. The Bertz CT molecular complexity index is 690. The van der Waals surface area contributed by atoms with Crippen molar-refractivity contribution in [2.75, 3.05) is 5.32 Å². The summed E-state index contributed by atoms with van der Waals surface area (Å²) >= 11 is 0. The van der Waals surface area contributed by atoms with Crippen molar-refractivity contribution in [3.05, 3.63) is 71.8 Å². The van der Waals surface area contributed by atoms with E-state index in [-0.39, 0.29) is 0 Å². The van der Waals surface area contributed by atoms with Gasteiger partial charge >= 0.3 is 0 Å². The van der Waals surface area contributed by atoms with Gasteiger partial charge in [0.15, 0.2) is 0 Å². The molecule has 1 aromatic heterocycles. The smallest absolute Gasteiger partial charge is 0.270 e. The summed E-state index contributed by atoms with van der Waals surface area (Å²) in [7, 11) is 0. The van der Waals surface area contributed by atoms with Crippen molar-refractivity contribution in [1.29, 1.82) is 0 Å². The van der Waals surface area contributed by atoms with E-state index in [1.165, 1.54) is 16.5 Å². The molecule has 0 saturated heterocycles. The van der Waals surface area contributed by atoms with Crippen LogP contribution in [0.2, 0.25) is 0 Å². The second kappa shape index (κ2) is 5.11. The summed E-state index contributed by atoms with van der Waals surface area (Å²) in [6.45, 7) is 2.97. The lowest BCUT2D eigenvalue weighted by Gasteiger charge is -2.03. The van der Waals surface area contributed by atoms with Crippen molar-refractivity contribution in [2.24, 2.45) is 0 Å². The molecule has 19 heavy (non-hydrogen) atoms. The molecular weight excluding hydrogens is 232 g/mol. The normalized spacial score (nSPS) is 10.6. The standard InChI is InChI=1S/C17H16N2/c1-13-11-17(18-12-14-7-3-2-4-8-14)19-16-10-6-5-9-15(13)16/h2-11H,12H2,1H3,(H,18,19)/p+1. The number of H-pyrrole nitrogens is 1. The molecule has 0 fully saturated rings. The van der Waals surface area contributed by atoms with E-state index in [4.69, 9.17) is 0 Å². The van der Waals surface area contributed by atoms with Gasteiger partial charge in [-0.05, 0) is 24.1 Å². The molecule has 0 unspecified atom stereocenters. The van der Waals surface area contributed by atoms with Gasteiger partial charge in [0.05, 0.1) is 0 Å². The van der Waals surface area contributed by atoms with E-state index in [0.717, 1.165) is 17.9 Å². The van der Waals surface area contributed by atoms with E-state index in [1.807, 2.05) is 6.07 Å². The molecule has 0 radical (unpaired) electrons. The van der Waals surface area contributed by atoms with Gasteiger partial charge in [-0.15, -0.1) is 0 Å². The van der Waals surface area contributed by atoms with Crippen molar-refractivity contribution < 1.29 is 4.98 Å². The first-order valence-corrected chi connectivity index (χ1v) is 6.52. The number of hydrogen-bond donors (Lipinski definition) is 1. The van der Waals surface area contributed by atoms with Crippen LogP contribution in [0.1, 0.15) is 11.1 Å². The van der Waals surface area contributed by atoms with E-state index in [2.05, 4.69) is 71.8 Å². The zero-order valence-electron chi connectivity index (χ0n) is 11.0. The summed E-state index contributed by atoms with van der Waals surface area (Å²) in [6, 6.07) is 20.9. The third-order valence-electron chi connectivity index (χ3n) is 3.31. The minimum Gasteiger partial charge on any atom is -0.270 e. The molecule has 0 bridgehead atoms. The Morgan fingerprint density at radius 1 is 0.947 bits per heavy atom. The third kappa shape index (κ3) is 2.58. The highest BCUT2D eigenvalue weighted by Gasteiger charge is 2.06. The second-order valence-electron chi connectivity index (χ2n) is 4.75. The molecule has 2 nitrogen and oxygen atoms in total. The molecule has 0 aliphatic heterocycles. The van der Waals surface area contributed by atoms with Crippen molar-refractivity contribution in [3.8, 4) is 0 Å². The molecule has 0 aliphatic carbocycles. The lowest BCUT2D eigenvalue weighted by atomic mass is 10.1. The Labute approximate surface area is 113 Å². The molecule has 3 rings (SSSR count). The maximum atomic E-state index is 3.44. The first-order valence-electron chi connectivity index (χ1n) is 6.52. The Kier molecular flexibility index (Phi) is 3.15. The predicted octanol–water partition coefficient (Wildman–Crippen LogP) is 3.57. The highest BCUT2D eigenvalue weighted by molar-refractivity contribution is 5.79. The minimum atomic E-state index is 0.828. The van der Waals surface area contributed by atoms with E-state index < -0.39 is 0 Å². The maximum Gasteiger partial charge on any atom is 0.273 e. The summed E-state index contributed by atoms with van der Waals surface area (Å²) in [5, 5.41) is 4.71. The molecule has 0 amide bonds. The lowest BCUT2D eigenvalue weighted by molar-refractivity contribution is -0.327. The Hall–Kier alpha value is -2.35. The van der Waals surface area contributed by atoms with Crippen LogP contribution >= 0.6 is 0 Å². The van der Waals surface area contributed by atoms with Crippen LogP contribution in [0.4, 0.5) is 5.82 Å². The summed E-state index contributed by atoms with van der Waals surface area (Å²) < 4.78 is 0. The van der Waals surface area contributed by atoms with Crippen molar-refractivity contribution in [3.63, 3.8) is 0 Å². The zero-order valence-corrected chi connectivity index (χ0v) is 11.0. The number of aryl methyl sites for hydroxylation is 1. The molecule has 0 atom stereocenters. The number of aromatic amines is 1. The Morgan fingerprint density at radius 3 is 2.53 bits per heavy atom. The average molecular weight is 249 g/mol. The molecule has 0 spiro atoms. The van der Waals surface area contributed by atoms with Gasteiger partial charge in [0, 0.05) is 11.5 Å². The number of nitrogens with one attached hydrogen (secondary N) is 2. The number of para-hydroxylation sites is 1. The predicted molar refractivity (Wildman–Crippen MR) is 79.0 cm³/mol. The van der Waals surface area contributed by atoms with Crippen molar-refractivity contribution >= 4 is 16.7 Å². The fraction of sp³-hybridized carbons (Fsp3) is 0.118. The van der Waals surface area contributed by atoms with E-state index >= 15 is 0 Å². The first-order chi connectivity index (χ1) is 9.33. The van der Waals surface area contributed by atoms with Crippen LogP contribution in [0.25, 0.3) is 10.9 Å². The zero-order chi connectivity index (χ0) is 13.1. The Morgan fingerprint density at radius 2 is 1.68 bits per heavy atom. The first kappa shape index (κ1) is 11.7. The third-order valence-corrected chi connectivity index (χ3v) is 3.31.